The zero-order valence-corrected chi connectivity index (χ0v) is 19.1. The van der Waals surface area contributed by atoms with Gasteiger partial charge in [0.05, 0.1) is 10.6 Å². The van der Waals surface area contributed by atoms with E-state index in [4.69, 9.17) is 0 Å². The Balaban J connectivity index is 1.78. The smallest absolute Gasteiger partial charge is 0.262 e. The standard InChI is InChI=1S/C25H28N2O3S/c1-17-10-13-23(19(3)14-17)27-31(29,30)24-15-22(12-11-18(24)2)25(28)26-16-20(4)21-8-6-5-7-9-21/h5-15,20,27H,16H2,1-4H3,(H,26,28)/t20-/m1/s1. The first-order valence-electron chi connectivity index (χ1n) is 10.2. The summed E-state index contributed by atoms with van der Waals surface area (Å²) in [4.78, 5) is 12.8. The summed E-state index contributed by atoms with van der Waals surface area (Å²) in [5.74, 6) is -0.157. The number of rotatable bonds is 7. The molecule has 0 heterocycles. The zero-order chi connectivity index (χ0) is 22.6. The average molecular weight is 437 g/mol. The summed E-state index contributed by atoms with van der Waals surface area (Å²) in [5.41, 5.74) is 4.44. The quantitative estimate of drug-likeness (QED) is 0.550. The molecule has 0 aromatic heterocycles. The average Bonchev–Trinajstić information content (AvgIpc) is 2.74. The third-order valence-corrected chi connectivity index (χ3v) is 6.81. The summed E-state index contributed by atoms with van der Waals surface area (Å²) in [6.07, 6.45) is 0. The summed E-state index contributed by atoms with van der Waals surface area (Å²) in [6, 6.07) is 20.2. The number of anilines is 1. The zero-order valence-electron chi connectivity index (χ0n) is 18.3. The Morgan fingerprint density at radius 2 is 1.61 bits per heavy atom. The molecule has 5 nitrogen and oxygen atoms in total. The molecule has 0 saturated carbocycles. The van der Waals surface area contributed by atoms with Crippen LogP contribution in [0.5, 0.6) is 0 Å². The van der Waals surface area contributed by atoms with Gasteiger partial charge in [0, 0.05) is 12.1 Å². The molecular weight excluding hydrogens is 408 g/mol. The summed E-state index contributed by atoms with van der Waals surface area (Å²) in [5, 5.41) is 2.91. The molecule has 3 aromatic carbocycles. The number of carbonyl (C=O) groups is 1. The van der Waals surface area contributed by atoms with Gasteiger partial charge in [-0.2, -0.15) is 0 Å². The molecule has 162 valence electrons. The van der Waals surface area contributed by atoms with Crippen molar-refractivity contribution in [2.24, 2.45) is 0 Å². The van der Waals surface area contributed by atoms with E-state index in [9.17, 15) is 13.2 Å². The Hall–Kier alpha value is -3.12. The molecule has 0 aliphatic rings. The highest BCUT2D eigenvalue weighted by atomic mass is 32.2. The van der Waals surface area contributed by atoms with E-state index in [0.29, 0.717) is 23.4 Å². The highest BCUT2D eigenvalue weighted by Gasteiger charge is 2.20. The van der Waals surface area contributed by atoms with Gasteiger partial charge in [-0.05, 0) is 61.6 Å². The maximum atomic E-state index is 13.0. The molecule has 0 aliphatic carbocycles. The summed E-state index contributed by atoms with van der Waals surface area (Å²) in [6.45, 7) is 8.02. The molecule has 0 saturated heterocycles. The molecule has 0 fully saturated rings. The van der Waals surface area contributed by atoms with Crippen LogP contribution in [0.25, 0.3) is 0 Å². The van der Waals surface area contributed by atoms with Crippen molar-refractivity contribution in [1.29, 1.82) is 0 Å². The van der Waals surface area contributed by atoms with Crippen LogP contribution in [-0.2, 0) is 10.0 Å². The Morgan fingerprint density at radius 3 is 2.29 bits per heavy atom. The van der Waals surface area contributed by atoms with Gasteiger partial charge >= 0.3 is 0 Å². The topological polar surface area (TPSA) is 75.3 Å². The van der Waals surface area contributed by atoms with Crippen LogP contribution in [0.1, 0.15) is 45.5 Å². The van der Waals surface area contributed by atoms with Crippen molar-refractivity contribution in [3.63, 3.8) is 0 Å². The van der Waals surface area contributed by atoms with E-state index >= 15 is 0 Å². The molecule has 0 bridgehead atoms. The fourth-order valence-corrected chi connectivity index (χ4v) is 4.81. The van der Waals surface area contributed by atoms with Crippen LogP contribution >= 0.6 is 0 Å². The summed E-state index contributed by atoms with van der Waals surface area (Å²) in [7, 11) is -3.84. The number of benzene rings is 3. The number of nitrogens with one attached hydrogen (secondary N) is 2. The minimum absolute atomic E-state index is 0.0937. The lowest BCUT2D eigenvalue weighted by Crippen LogP contribution is -2.28. The lowest BCUT2D eigenvalue weighted by molar-refractivity contribution is 0.0951. The van der Waals surface area contributed by atoms with Gasteiger partial charge in [-0.15, -0.1) is 0 Å². The second-order valence-electron chi connectivity index (χ2n) is 7.93. The van der Waals surface area contributed by atoms with E-state index in [-0.39, 0.29) is 16.7 Å². The van der Waals surface area contributed by atoms with Crippen molar-refractivity contribution in [2.75, 3.05) is 11.3 Å². The first kappa shape index (κ1) is 22.6. The molecule has 1 amide bonds. The van der Waals surface area contributed by atoms with Gasteiger partial charge in [0.2, 0.25) is 0 Å². The molecule has 6 heteroatoms. The van der Waals surface area contributed by atoms with Gasteiger partial charge in [-0.1, -0.05) is 61.0 Å². The maximum Gasteiger partial charge on any atom is 0.262 e. The molecule has 0 unspecified atom stereocenters. The number of carbonyl (C=O) groups excluding carboxylic acids is 1. The normalized spacial score (nSPS) is 12.3. The summed E-state index contributed by atoms with van der Waals surface area (Å²) < 4.78 is 28.7. The largest absolute Gasteiger partial charge is 0.351 e. The van der Waals surface area contributed by atoms with Gasteiger partial charge < -0.3 is 5.32 Å². The molecule has 0 radical (unpaired) electrons. The van der Waals surface area contributed by atoms with Gasteiger partial charge in [0.1, 0.15) is 0 Å². The van der Waals surface area contributed by atoms with Crippen molar-refractivity contribution in [2.45, 2.75) is 38.5 Å². The number of amides is 1. The Bertz CT molecular complexity index is 1190. The molecule has 2 N–H and O–H groups in total. The van der Waals surface area contributed by atoms with Gasteiger partial charge in [0.25, 0.3) is 15.9 Å². The minimum atomic E-state index is -3.84. The number of hydrogen-bond acceptors (Lipinski definition) is 3. The fourth-order valence-electron chi connectivity index (χ4n) is 3.41. The molecular formula is C25H28N2O3S. The van der Waals surface area contributed by atoms with Crippen molar-refractivity contribution in [1.82, 2.24) is 5.32 Å². The molecule has 31 heavy (non-hydrogen) atoms. The van der Waals surface area contributed by atoms with Crippen molar-refractivity contribution < 1.29 is 13.2 Å². The van der Waals surface area contributed by atoms with E-state index in [1.54, 1.807) is 25.1 Å². The van der Waals surface area contributed by atoms with E-state index in [1.165, 1.54) is 6.07 Å². The first-order valence-corrected chi connectivity index (χ1v) is 11.7. The highest BCUT2D eigenvalue weighted by Crippen LogP contribution is 2.24. The van der Waals surface area contributed by atoms with Gasteiger partial charge in [-0.3, -0.25) is 9.52 Å². The predicted octanol–water partition coefficient (Wildman–Crippen LogP) is 4.95. The first-order chi connectivity index (χ1) is 14.7. The Morgan fingerprint density at radius 1 is 0.903 bits per heavy atom. The fraction of sp³-hybridized carbons (Fsp3) is 0.240. The summed E-state index contributed by atoms with van der Waals surface area (Å²) >= 11 is 0. The van der Waals surface area contributed by atoms with E-state index < -0.39 is 10.0 Å². The van der Waals surface area contributed by atoms with Crippen LogP contribution in [0.4, 0.5) is 5.69 Å². The van der Waals surface area contributed by atoms with Crippen LogP contribution in [0, 0.1) is 20.8 Å². The lowest BCUT2D eigenvalue weighted by Gasteiger charge is -2.15. The van der Waals surface area contributed by atoms with Crippen LogP contribution < -0.4 is 10.0 Å². The molecule has 0 aliphatic heterocycles. The predicted molar refractivity (Wildman–Crippen MR) is 125 cm³/mol. The lowest BCUT2D eigenvalue weighted by atomic mass is 10.0. The Kier molecular flexibility index (Phi) is 6.81. The van der Waals surface area contributed by atoms with Gasteiger partial charge in [0.15, 0.2) is 0 Å². The van der Waals surface area contributed by atoms with Crippen LogP contribution in [0.15, 0.2) is 71.6 Å². The second kappa shape index (κ2) is 9.35. The number of sulfonamides is 1. The van der Waals surface area contributed by atoms with Crippen LogP contribution in [0.3, 0.4) is 0 Å². The third kappa shape index (κ3) is 5.52. The second-order valence-corrected chi connectivity index (χ2v) is 9.58. The van der Waals surface area contributed by atoms with Gasteiger partial charge in [-0.25, -0.2) is 8.42 Å². The molecule has 3 aromatic rings. The van der Waals surface area contributed by atoms with Crippen molar-refractivity contribution >= 4 is 21.6 Å². The van der Waals surface area contributed by atoms with E-state index in [2.05, 4.69) is 10.0 Å². The monoisotopic (exact) mass is 436 g/mol. The maximum absolute atomic E-state index is 13.0. The van der Waals surface area contributed by atoms with Crippen LogP contribution in [-0.4, -0.2) is 20.9 Å². The minimum Gasteiger partial charge on any atom is -0.351 e. The molecule has 0 spiro atoms. The third-order valence-electron chi connectivity index (χ3n) is 5.30. The van der Waals surface area contributed by atoms with Crippen LogP contribution in [0.2, 0.25) is 0 Å². The van der Waals surface area contributed by atoms with E-state index in [0.717, 1.165) is 16.7 Å². The van der Waals surface area contributed by atoms with Crippen molar-refractivity contribution in [3.8, 4) is 0 Å². The van der Waals surface area contributed by atoms with Crippen molar-refractivity contribution in [3.05, 3.63) is 94.5 Å². The highest BCUT2D eigenvalue weighted by molar-refractivity contribution is 7.92. The molecule has 3 rings (SSSR count). The SMILES string of the molecule is Cc1ccc(NS(=O)(=O)c2cc(C(=O)NC[C@@H](C)c3ccccc3)ccc2C)c(C)c1. The number of aryl methyl sites for hydroxylation is 3. The number of hydrogen-bond donors (Lipinski definition) is 2. The molecule has 1 atom stereocenters. The van der Waals surface area contributed by atoms with E-state index in [1.807, 2.05) is 63.2 Å². The Labute approximate surface area is 184 Å².